The zero-order chi connectivity index (χ0) is 13.1. The van der Waals surface area contributed by atoms with Gasteiger partial charge in [0, 0.05) is 0 Å². The topological polar surface area (TPSA) is 65.2 Å². The zero-order valence-corrected chi connectivity index (χ0v) is 10.3. The summed E-state index contributed by atoms with van der Waals surface area (Å²) in [7, 11) is 0. The maximum Gasteiger partial charge on any atom is 0.118 e. The van der Waals surface area contributed by atoms with E-state index in [2.05, 4.69) is 10.2 Å². The minimum absolute atomic E-state index is 0.245. The quantitative estimate of drug-likeness (QED) is 0.777. The summed E-state index contributed by atoms with van der Waals surface area (Å²) in [4.78, 5) is 0. The smallest absolute Gasteiger partial charge is 0.118 e. The van der Waals surface area contributed by atoms with Crippen LogP contribution in [0.3, 0.4) is 0 Å². The fraction of sp³-hybridized carbons (Fsp3) is 0.143. The van der Waals surface area contributed by atoms with Crippen LogP contribution in [0, 0.1) is 13.8 Å². The van der Waals surface area contributed by atoms with Crippen LogP contribution in [0.2, 0.25) is 0 Å². The van der Waals surface area contributed by atoms with Gasteiger partial charge < -0.3 is 10.2 Å². The lowest BCUT2D eigenvalue weighted by Gasteiger charge is -2.00. The Morgan fingerprint density at radius 3 is 1.44 bits per heavy atom. The van der Waals surface area contributed by atoms with Gasteiger partial charge in [-0.05, 0) is 61.4 Å². The van der Waals surface area contributed by atoms with Crippen molar-refractivity contribution in [1.82, 2.24) is 0 Å². The van der Waals surface area contributed by atoms with Gasteiger partial charge in [0.05, 0.1) is 11.4 Å². The Morgan fingerprint density at radius 2 is 1.11 bits per heavy atom. The van der Waals surface area contributed by atoms with Gasteiger partial charge in [-0.15, -0.1) is 0 Å². The first-order valence-electron chi connectivity index (χ1n) is 5.57. The number of aryl methyl sites for hydroxylation is 2. The molecule has 0 fully saturated rings. The Balaban J connectivity index is 2.24. The number of aromatic hydroxyl groups is 2. The summed E-state index contributed by atoms with van der Waals surface area (Å²) in [6, 6.07) is 10.1. The third kappa shape index (κ3) is 2.66. The van der Waals surface area contributed by atoms with Gasteiger partial charge in [-0.2, -0.15) is 10.2 Å². The maximum atomic E-state index is 9.40. The Kier molecular flexibility index (Phi) is 3.28. The Hall–Kier alpha value is -2.36. The van der Waals surface area contributed by atoms with E-state index in [1.54, 1.807) is 50.2 Å². The predicted molar refractivity (Wildman–Crippen MR) is 69.9 cm³/mol. The second kappa shape index (κ2) is 4.87. The molecule has 4 heteroatoms. The molecule has 0 atom stereocenters. The molecule has 18 heavy (non-hydrogen) atoms. The molecular weight excluding hydrogens is 228 g/mol. The van der Waals surface area contributed by atoms with Crippen LogP contribution in [0.25, 0.3) is 0 Å². The number of hydrogen-bond donors (Lipinski definition) is 2. The molecule has 0 unspecified atom stereocenters. The molecule has 0 saturated heterocycles. The standard InChI is InChI=1S/C14H14N2O2/c1-9-7-11(3-5-13(9)17)15-16-12-4-6-14(18)10(2)8-12/h3-8,17-18H,1-2H3. The second-order valence-electron chi connectivity index (χ2n) is 4.14. The maximum absolute atomic E-state index is 9.40. The third-order valence-electron chi connectivity index (χ3n) is 2.64. The molecule has 2 N–H and O–H groups in total. The number of azo groups is 1. The Morgan fingerprint density at radius 1 is 0.722 bits per heavy atom. The van der Waals surface area contributed by atoms with E-state index < -0.39 is 0 Å². The van der Waals surface area contributed by atoms with E-state index in [1.807, 2.05) is 0 Å². The summed E-state index contributed by atoms with van der Waals surface area (Å²) in [6.07, 6.45) is 0. The molecule has 2 rings (SSSR count). The third-order valence-corrected chi connectivity index (χ3v) is 2.64. The summed E-state index contributed by atoms with van der Waals surface area (Å²) in [5.41, 5.74) is 2.87. The minimum Gasteiger partial charge on any atom is -0.508 e. The van der Waals surface area contributed by atoms with Gasteiger partial charge >= 0.3 is 0 Å². The molecular formula is C14H14N2O2. The summed E-state index contributed by atoms with van der Waals surface area (Å²) in [6.45, 7) is 3.61. The van der Waals surface area contributed by atoms with Crippen molar-refractivity contribution >= 4 is 11.4 Å². The second-order valence-corrected chi connectivity index (χ2v) is 4.14. The van der Waals surface area contributed by atoms with Crippen LogP contribution in [0.5, 0.6) is 11.5 Å². The highest BCUT2D eigenvalue weighted by Gasteiger charge is 1.98. The first-order valence-corrected chi connectivity index (χ1v) is 5.57. The molecule has 2 aromatic rings. The van der Waals surface area contributed by atoms with Crippen molar-refractivity contribution < 1.29 is 10.2 Å². The van der Waals surface area contributed by atoms with Crippen molar-refractivity contribution in [3.05, 3.63) is 47.5 Å². The number of rotatable bonds is 2. The lowest BCUT2D eigenvalue weighted by Crippen LogP contribution is -1.74. The molecule has 92 valence electrons. The van der Waals surface area contributed by atoms with Crippen LogP contribution in [0.15, 0.2) is 46.6 Å². The molecule has 0 heterocycles. The van der Waals surface area contributed by atoms with E-state index in [4.69, 9.17) is 0 Å². The van der Waals surface area contributed by atoms with Gasteiger partial charge in [-0.25, -0.2) is 0 Å². The van der Waals surface area contributed by atoms with Crippen molar-refractivity contribution in [2.45, 2.75) is 13.8 Å². The fourth-order valence-corrected chi connectivity index (χ4v) is 1.52. The van der Waals surface area contributed by atoms with E-state index in [0.717, 1.165) is 11.1 Å². The highest BCUT2D eigenvalue weighted by Crippen LogP contribution is 2.26. The van der Waals surface area contributed by atoms with Crippen molar-refractivity contribution in [2.24, 2.45) is 10.2 Å². The Labute approximate surface area is 105 Å². The summed E-state index contributed by atoms with van der Waals surface area (Å²) >= 11 is 0. The normalized spacial score (nSPS) is 11.0. The van der Waals surface area contributed by atoms with Gasteiger partial charge in [-0.3, -0.25) is 0 Å². The largest absolute Gasteiger partial charge is 0.508 e. The minimum atomic E-state index is 0.245. The van der Waals surface area contributed by atoms with Crippen LogP contribution in [-0.2, 0) is 0 Å². The van der Waals surface area contributed by atoms with E-state index in [1.165, 1.54) is 0 Å². The first-order chi connectivity index (χ1) is 8.56. The molecule has 0 aliphatic carbocycles. The SMILES string of the molecule is Cc1cc(N=Nc2ccc(O)c(C)c2)ccc1O. The van der Waals surface area contributed by atoms with E-state index in [-0.39, 0.29) is 11.5 Å². The van der Waals surface area contributed by atoms with Crippen LogP contribution in [-0.4, -0.2) is 10.2 Å². The molecule has 0 radical (unpaired) electrons. The van der Waals surface area contributed by atoms with Crippen molar-refractivity contribution in [3.8, 4) is 11.5 Å². The van der Waals surface area contributed by atoms with Gasteiger partial charge in [0.15, 0.2) is 0 Å². The van der Waals surface area contributed by atoms with Gasteiger partial charge in [0.2, 0.25) is 0 Å². The van der Waals surface area contributed by atoms with Crippen molar-refractivity contribution in [2.75, 3.05) is 0 Å². The van der Waals surface area contributed by atoms with Crippen molar-refractivity contribution in [3.63, 3.8) is 0 Å². The first kappa shape index (κ1) is 12.1. The average molecular weight is 242 g/mol. The monoisotopic (exact) mass is 242 g/mol. The fourth-order valence-electron chi connectivity index (χ4n) is 1.52. The lowest BCUT2D eigenvalue weighted by atomic mass is 10.2. The van der Waals surface area contributed by atoms with Crippen molar-refractivity contribution in [1.29, 1.82) is 0 Å². The summed E-state index contributed by atoms with van der Waals surface area (Å²) in [5, 5.41) is 27.0. The number of phenols is 2. The highest BCUT2D eigenvalue weighted by atomic mass is 16.3. The van der Waals surface area contributed by atoms with Gasteiger partial charge in [0.25, 0.3) is 0 Å². The van der Waals surface area contributed by atoms with E-state index in [0.29, 0.717) is 11.4 Å². The number of phenolic OH excluding ortho intramolecular Hbond substituents is 2. The molecule has 0 spiro atoms. The number of benzene rings is 2. The highest BCUT2D eigenvalue weighted by molar-refractivity contribution is 5.48. The average Bonchev–Trinajstić information content (AvgIpc) is 2.35. The molecule has 2 aromatic carbocycles. The number of hydrogen-bond acceptors (Lipinski definition) is 4. The molecule has 4 nitrogen and oxygen atoms in total. The summed E-state index contributed by atoms with van der Waals surface area (Å²) < 4.78 is 0. The van der Waals surface area contributed by atoms with Crippen LogP contribution in [0.1, 0.15) is 11.1 Å². The van der Waals surface area contributed by atoms with Gasteiger partial charge in [0.1, 0.15) is 11.5 Å². The Bertz CT molecular complexity index is 553. The lowest BCUT2D eigenvalue weighted by molar-refractivity contribution is 0.470. The summed E-state index contributed by atoms with van der Waals surface area (Å²) in [5.74, 6) is 0.490. The van der Waals surface area contributed by atoms with Crippen LogP contribution < -0.4 is 0 Å². The van der Waals surface area contributed by atoms with Crippen LogP contribution >= 0.6 is 0 Å². The molecule has 0 bridgehead atoms. The van der Waals surface area contributed by atoms with E-state index in [9.17, 15) is 10.2 Å². The van der Waals surface area contributed by atoms with E-state index >= 15 is 0 Å². The zero-order valence-electron chi connectivity index (χ0n) is 10.3. The van der Waals surface area contributed by atoms with Crippen LogP contribution in [0.4, 0.5) is 11.4 Å². The number of nitrogens with zero attached hydrogens (tertiary/aromatic N) is 2. The van der Waals surface area contributed by atoms with Gasteiger partial charge in [-0.1, -0.05) is 0 Å². The molecule has 0 aliphatic heterocycles. The molecule has 0 aliphatic rings. The molecule has 0 aromatic heterocycles. The molecule has 0 saturated carbocycles. The predicted octanol–water partition coefficient (Wildman–Crippen LogP) is 4.13. The molecule has 0 amide bonds.